The molecule has 0 atom stereocenters. The number of benzene rings is 7. The molecule has 0 aliphatic heterocycles. The van der Waals surface area contributed by atoms with Crippen molar-refractivity contribution in [1.82, 2.24) is 9.78 Å². The van der Waals surface area contributed by atoms with E-state index in [-0.39, 0.29) is 17.7 Å². The van der Waals surface area contributed by atoms with Gasteiger partial charge >= 0.3 is 5.97 Å². The van der Waals surface area contributed by atoms with Crippen LogP contribution in [-0.2, 0) is 70.1 Å². The number of hydrogen-bond acceptors (Lipinski definition) is 32. The molecule has 0 saturated heterocycles. The van der Waals surface area contributed by atoms with Crippen molar-refractivity contribution in [2.75, 3.05) is 5.73 Å². The fourth-order valence-corrected chi connectivity index (χ4v) is 12.1. The second kappa shape index (κ2) is 23.8. The van der Waals surface area contributed by atoms with Gasteiger partial charge in [0.1, 0.15) is 52.9 Å². The molecule has 1 aromatic heterocycles. The van der Waals surface area contributed by atoms with E-state index >= 15 is 0 Å². The van der Waals surface area contributed by atoms with Gasteiger partial charge in [-0.2, -0.15) is 70.5 Å². The minimum Gasteiger partial charge on any atom is -0.505 e. The van der Waals surface area contributed by atoms with E-state index in [4.69, 9.17) is 11.0 Å². The third-order valence-corrected chi connectivity index (χ3v) is 17.5. The number of hydrogen-bond donors (Lipinski definition) is 12. The Morgan fingerprint density at radius 1 is 0.539 bits per heavy atom. The molecular formula is C42H28N12O28S7. The van der Waals surface area contributed by atoms with Crippen molar-refractivity contribution in [3.05, 3.63) is 107 Å². The fraction of sp³-hybridized carbons (Fsp3) is 0. The number of carboxylic acid groups (broad SMARTS) is 1. The number of nitro benzene ring substituents is 1. The van der Waals surface area contributed by atoms with E-state index in [0.29, 0.717) is 47.1 Å². The summed E-state index contributed by atoms with van der Waals surface area (Å²) in [5.74, 6) is -5.60. The number of azo groups is 4. The lowest BCUT2D eigenvalue weighted by atomic mass is 10.0. The normalized spacial score (nSPS) is 13.1. The number of fused-ring (bicyclic) bond motifs is 2. The molecule has 0 saturated carbocycles. The number of anilines is 1. The Hall–Kier alpha value is -9.57. The number of carboxylic acids is 1. The zero-order valence-electron chi connectivity index (χ0n) is 42.4. The van der Waals surface area contributed by atoms with Crippen LogP contribution in [0.2, 0.25) is 0 Å². The van der Waals surface area contributed by atoms with Crippen molar-refractivity contribution < 1.29 is 123 Å². The Morgan fingerprint density at radius 2 is 1.06 bits per heavy atom. The first kappa shape index (κ1) is 65.4. The lowest BCUT2D eigenvalue weighted by Gasteiger charge is -2.14. The average Bonchev–Trinajstić information content (AvgIpc) is 1.21. The largest absolute Gasteiger partial charge is 0.505 e. The van der Waals surface area contributed by atoms with E-state index in [1.807, 2.05) is 0 Å². The van der Waals surface area contributed by atoms with E-state index in [1.165, 1.54) is 0 Å². The molecule has 13 N–H and O–H groups in total. The molecule has 1 heterocycles. The third-order valence-electron chi connectivity index (χ3n) is 11.5. The van der Waals surface area contributed by atoms with Gasteiger partial charge in [-0.3, -0.25) is 37.4 Å². The number of rotatable bonds is 20. The van der Waals surface area contributed by atoms with Crippen LogP contribution in [0, 0.1) is 10.1 Å². The van der Waals surface area contributed by atoms with Crippen molar-refractivity contribution >= 4 is 157 Å². The second-order valence-electron chi connectivity index (χ2n) is 17.1. The van der Waals surface area contributed by atoms with Crippen LogP contribution in [0.25, 0.3) is 27.2 Å². The smallest absolute Gasteiger partial charge is 0.358 e. The van der Waals surface area contributed by atoms with Gasteiger partial charge in [-0.05, 0) is 78.9 Å². The minimum atomic E-state index is -5.66. The molecule has 8 aromatic rings. The van der Waals surface area contributed by atoms with Crippen LogP contribution in [0.4, 0.5) is 56.9 Å². The van der Waals surface area contributed by atoms with E-state index in [0.717, 1.165) is 48.5 Å². The monoisotopic (exact) mass is 1370 g/mol. The number of aromatic carboxylic acids is 1. The van der Waals surface area contributed by atoms with Gasteiger partial charge in [0.05, 0.1) is 54.9 Å². The van der Waals surface area contributed by atoms with Gasteiger partial charge in [0, 0.05) is 28.3 Å². The highest BCUT2D eigenvalue weighted by Crippen LogP contribution is 2.51. The van der Waals surface area contributed by atoms with E-state index in [1.54, 1.807) is 0 Å². The van der Waals surface area contributed by atoms with Gasteiger partial charge in [0.2, 0.25) is 11.6 Å². The van der Waals surface area contributed by atoms with E-state index in [2.05, 4.69) is 55.4 Å². The molecule has 7 aromatic carbocycles. The molecular weight excluding hydrogens is 1340 g/mol. The standard InChI is InChI=1S/C42H28N12O28S7/c43-34-26(15-29(86(69,70)71)23-13-27(83-82-81-62)35(40(56)33(23)34)49-46-25-8-4-19(54(60)61)12-31(25)88(75,76)77)48-45-17-9-22-21(28(11-17)85(66,67)68)14-32(89(78,79)80)36(39(22)55)50-44-16-1-7-24(30(10-16)87(72,73)74)47-51-37-38(42(58)59)52-53(41(37)57)18-2-5-20(6-3-18)84(63,64)65/h1-15,55-57,62H,43H2,(H,58,59)(H,63,64,65)(H,66,67,68)(H,69,70,71)(H,72,73,74)(H,75,76,77)(H,78,79,80). The van der Waals surface area contributed by atoms with Crippen LogP contribution in [-0.4, -0.2) is 124 Å². The highest BCUT2D eigenvalue weighted by Gasteiger charge is 2.30. The SMILES string of the molecule is Nc1c(N=Nc2cc(S(=O)(=O)O)c3cc(S(=O)(=O)O)c(N=Nc4ccc(N=Nc5c(C(=O)O)nn(-c6ccc(S(=O)(=O)O)cc6)c5O)c(S(=O)(=O)O)c4)c(O)c3c2)cc(S(=O)(=O)O)c2cc(SOOO)c(N=Nc3ccc([N+](=O)[O-])cc3S(=O)(=O)O)c(O)c12. The van der Waals surface area contributed by atoms with Crippen LogP contribution in [0.3, 0.4) is 0 Å². The van der Waals surface area contributed by atoms with Gasteiger partial charge in [0.25, 0.3) is 66.4 Å². The summed E-state index contributed by atoms with van der Waals surface area (Å²) in [5.41, 5.74) is -3.69. The number of nitrogens with two attached hydrogens (primary N) is 1. The first-order chi connectivity index (χ1) is 41.2. The molecule has 0 aliphatic carbocycles. The van der Waals surface area contributed by atoms with Crippen molar-refractivity contribution in [1.29, 1.82) is 0 Å². The van der Waals surface area contributed by atoms with Crippen LogP contribution in [0.1, 0.15) is 10.5 Å². The van der Waals surface area contributed by atoms with Gasteiger partial charge in [-0.25, -0.2) is 10.1 Å². The number of nitro groups is 1. The van der Waals surface area contributed by atoms with Crippen LogP contribution < -0.4 is 5.73 Å². The number of phenols is 2. The lowest BCUT2D eigenvalue weighted by molar-refractivity contribution is -0.432. The molecule has 0 unspecified atom stereocenters. The summed E-state index contributed by atoms with van der Waals surface area (Å²) < 4.78 is 215. The summed E-state index contributed by atoms with van der Waals surface area (Å²) >= 11 is -0.0474. The first-order valence-corrected chi connectivity index (χ1v) is 31.8. The molecule has 0 radical (unpaired) electrons. The summed E-state index contributed by atoms with van der Waals surface area (Å²) in [5, 5.41) is 97.1. The van der Waals surface area contributed by atoms with Crippen LogP contribution in [0.15, 0.2) is 166 Å². The maximum Gasteiger partial charge on any atom is 0.358 e. The number of nitrogens with zero attached hydrogens (tertiary/aromatic N) is 11. The predicted molar refractivity (Wildman–Crippen MR) is 294 cm³/mol. The van der Waals surface area contributed by atoms with E-state index < -0.39 is 207 Å². The summed E-state index contributed by atoms with van der Waals surface area (Å²) in [7, 11) is -32.2. The number of nitrogen functional groups attached to an aromatic ring is 1. The number of phenolic OH excluding ortho intramolecular Hbond substituents is 2. The summed E-state index contributed by atoms with van der Waals surface area (Å²) in [4.78, 5) is 14.8. The molecule has 0 aliphatic rings. The zero-order chi connectivity index (χ0) is 65.8. The third kappa shape index (κ3) is 13.8. The first-order valence-electron chi connectivity index (χ1n) is 22.4. The molecule has 0 fully saturated rings. The van der Waals surface area contributed by atoms with Crippen LogP contribution in [0.5, 0.6) is 17.4 Å². The number of non-ortho nitro benzene ring substituents is 1. The topological polar surface area (TPSA) is 649 Å². The Kier molecular flexibility index (Phi) is 17.5. The Labute approximate surface area is 497 Å². The summed E-state index contributed by atoms with van der Waals surface area (Å²) in [6, 6.07) is 10.2. The van der Waals surface area contributed by atoms with Gasteiger partial charge < -0.3 is 26.2 Å². The maximum atomic E-state index is 12.9. The quantitative estimate of drug-likeness (QED) is 0.00652. The fourth-order valence-electron chi connectivity index (χ4n) is 7.75. The summed E-state index contributed by atoms with van der Waals surface area (Å²) in [6.07, 6.45) is 0. The van der Waals surface area contributed by atoms with E-state index in [9.17, 15) is 113 Å². The Morgan fingerprint density at radius 3 is 1.61 bits per heavy atom. The number of carbonyl (C=O) groups is 1. The lowest BCUT2D eigenvalue weighted by Crippen LogP contribution is -2.03. The zero-order valence-corrected chi connectivity index (χ0v) is 48.1. The number of aromatic nitrogens is 2. The summed E-state index contributed by atoms with van der Waals surface area (Å²) in [6.45, 7) is 0. The Balaban J connectivity index is 1.24. The molecule has 0 spiro atoms. The molecule has 8 rings (SSSR count). The minimum absolute atomic E-state index is 0.0474. The van der Waals surface area contributed by atoms with Crippen molar-refractivity contribution in [2.24, 2.45) is 40.9 Å². The molecule has 466 valence electrons. The Bertz CT molecular complexity index is 5240. The van der Waals surface area contributed by atoms with Gasteiger partial charge in [-0.15, -0.1) is 35.0 Å². The molecule has 0 bridgehead atoms. The molecule has 89 heavy (non-hydrogen) atoms. The number of aromatic hydroxyl groups is 3. The maximum absolute atomic E-state index is 12.9. The highest BCUT2D eigenvalue weighted by molar-refractivity contribution is 7.94. The van der Waals surface area contributed by atoms with Crippen LogP contribution >= 0.6 is 12.0 Å². The highest BCUT2D eigenvalue weighted by atomic mass is 32.2. The molecule has 40 nitrogen and oxygen atoms in total. The van der Waals surface area contributed by atoms with Crippen molar-refractivity contribution in [3.63, 3.8) is 0 Å². The molecule has 0 amide bonds. The van der Waals surface area contributed by atoms with Gasteiger partial charge in [0.15, 0.2) is 17.2 Å². The predicted octanol–water partition coefficient (Wildman–Crippen LogP) is 8.05. The van der Waals surface area contributed by atoms with Crippen molar-refractivity contribution in [3.8, 4) is 23.1 Å². The van der Waals surface area contributed by atoms with Gasteiger partial charge in [-0.1, -0.05) is 5.04 Å². The van der Waals surface area contributed by atoms with Crippen molar-refractivity contribution in [2.45, 2.75) is 34.3 Å². The average molecular weight is 1370 g/mol. The second-order valence-corrected chi connectivity index (χ2v) is 26.2. The molecule has 47 heteroatoms.